The van der Waals surface area contributed by atoms with Crippen molar-refractivity contribution in [2.24, 2.45) is 0 Å². The summed E-state index contributed by atoms with van der Waals surface area (Å²) < 4.78 is 28.1. The quantitative estimate of drug-likeness (QED) is 0.863. The zero-order valence-corrected chi connectivity index (χ0v) is 13.8. The summed E-state index contributed by atoms with van der Waals surface area (Å²) >= 11 is 0. The van der Waals surface area contributed by atoms with E-state index in [2.05, 4.69) is 0 Å². The van der Waals surface area contributed by atoms with Crippen molar-refractivity contribution in [3.63, 3.8) is 0 Å². The molecule has 1 fully saturated rings. The van der Waals surface area contributed by atoms with Crippen molar-refractivity contribution < 1.29 is 17.6 Å². The molecule has 1 aliphatic heterocycles. The van der Waals surface area contributed by atoms with Crippen LogP contribution in [0.1, 0.15) is 40.8 Å². The molecule has 1 atom stereocenters. The normalized spacial score (nSPS) is 18.3. The van der Waals surface area contributed by atoms with Gasteiger partial charge in [0.2, 0.25) is 0 Å². The number of furan rings is 1. The van der Waals surface area contributed by atoms with Gasteiger partial charge in [0.15, 0.2) is 15.6 Å². The summed E-state index contributed by atoms with van der Waals surface area (Å²) in [5.74, 6) is 0.122. The smallest absolute Gasteiger partial charge is 0.290 e. The van der Waals surface area contributed by atoms with Crippen LogP contribution in [0.2, 0.25) is 0 Å². The zero-order chi connectivity index (χ0) is 16.4. The molecule has 0 radical (unpaired) electrons. The van der Waals surface area contributed by atoms with Crippen molar-refractivity contribution >= 4 is 15.7 Å². The van der Waals surface area contributed by atoms with E-state index >= 15 is 0 Å². The largest absolute Gasteiger partial charge is 0.455 e. The number of likely N-dealkylation sites (tertiary alicyclic amines) is 1. The van der Waals surface area contributed by atoms with Crippen molar-refractivity contribution in [3.05, 3.63) is 59.5 Å². The predicted octanol–water partition coefficient (Wildman–Crippen LogP) is 2.80. The van der Waals surface area contributed by atoms with Gasteiger partial charge < -0.3 is 9.32 Å². The van der Waals surface area contributed by atoms with Gasteiger partial charge in [-0.3, -0.25) is 4.79 Å². The molecule has 23 heavy (non-hydrogen) atoms. The fourth-order valence-electron chi connectivity index (χ4n) is 3.00. The Kier molecular flexibility index (Phi) is 4.26. The molecule has 122 valence electrons. The molecule has 0 spiro atoms. The first-order chi connectivity index (χ1) is 10.9. The van der Waals surface area contributed by atoms with Gasteiger partial charge >= 0.3 is 0 Å². The second-order valence-corrected chi connectivity index (χ2v) is 8.04. The average molecular weight is 333 g/mol. The van der Waals surface area contributed by atoms with Gasteiger partial charge in [-0.05, 0) is 30.5 Å². The van der Waals surface area contributed by atoms with Crippen LogP contribution in [0, 0.1) is 0 Å². The molecular formula is C17H19NO4S. The topological polar surface area (TPSA) is 67.6 Å². The number of carbonyl (C=O) groups excluding carboxylic acids is 1. The van der Waals surface area contributed by atoms with E-state index in [4.69, 9.17) is 4.42 Å². The first-order valence-corrected chi connectivity index (χ1v) is 9.62. The van der Waals surface area contributed by atoms with E-state index in [1.54, 1.807) is 17.0 Å². The van der Waals surface area contributed by atoms with Gasteiger partial charge in [-0.15, -0.1) is 0 Å². The maximum atomic E-state index is 12.7. The minimum Gasteiger partial charge on any atom is -0.455 e. The Morgan fingerprint density at radius 3 is 2.65 bits per heavy atom. The van der Waals surface area contributed by atoms with Gasteiger partial charge in [0.05, 0.1) is 6.04 Å². The number of amides is 1. The molecule has 1 aromatic heterocycles. The maximum absolute atomic E-state index is 12.7. The third-order valence-electron chi connectivity index (χ3n) is 3.97. The number of hydrogen-bond donors (Lipinski definition) is 0. The summed E-state index contributed by atoms with van der Waals surface area (Å²) in [6.07, 6.45) is 3.01. The van der Waals surface area contributed by atoms with E-state index < -0.39 is 9.84 Å². The van der Waals surface area contributed by atoms with Crippen LogP contribution in [0.25, 0.3) is 0 Å². The Labute approximate surface area is 135 Å². The Bertz CT molecular complexity index is 795. The lowest BCUT2D eigenvalue weighted by molar-refractivity contribution is 0.0701. The molecule has 0 unspecified atom stereocenters. The molecule has 1 aliphatic rings. The molecule has 2 aromatic rings. The van der Waals surface area contributed by atoms with E-state index in [1.165, 1.54) is 0 Å². The molecule has 1 saturated heterocycles. The van der Waals surface area contributed by atoms with Crippen LogP contribution < -0.4 is 0 Å². The van der Waals surface area contributed by atoms with Gasteiger partial charge in [-0.25, -0.2) is 8.42 Å². The maximum Gasteiger partial charge on any atom is 0.290 e. The monoisotopic (exact) mass is 333 g/mol. The molecule has 2 heterocycles. The van der Waals surface area contributed by atoms with Crippen molar-refractivity contribution in [1.29, 1.82) is 0 Å². The van der Waals surface area contributed by atoms with E-state index in [0.29, 0.717) is 12.3 Å². The molecule has 0 aliphatic carbocycles. The SMILES string of the molecule is CS(=O)(=O)Cc1ccc(C(=O)N2CCC[C@H]2c2ccccc2)o1. The summed E-state index contributed by atoms with van der Waals surface area (Å²) in [7, 11) is -3.18. The average Bonchev–Trinajstić information content (AvgIpc) is 3.15. The fourth-order valence-corrected chi connectivity index (χ4v) is 3.67. The molecule has 0 bridgehead atoms. The number of rotatable bonds is 4. The highest BCUT2D eigenvalue weighted by Crippen LogP contribution is 2.33. The predicted molar refractivity (Wildman–Crippen MR) is 86.7 cm³/mol. The minimum atomic E-state index is -3.18. The van der Waals surface area contributed by atoms with Crippen LogP contribution in [0.4, 0.5) is 0 Å². The first-order valence-electron chi connectivity index (χ1n) is 7.56. The molecule has 6 heteroatoms. The summed E-state index contributed by atoms with van der Waals surface area (Å²) in [5, 5.41) is 0. The van der Waals surface area contributed by atoms with E-state index in [0.717, 1.165) is 24.7 Å². The summed E-state index contributed by atoms with van der Waals surface area (Å²) in [5.41, 5.74) is 1.11. The lowest BCUT2D eigenvalue weighted by Crippen LogP contribution is -2.30. The lowest BCUT2D eigenvalue weighted by atomic mass is 10.0. The fraction of sp³-hybridized carbons (Fsp3) is 0.353. The Morgan fingerprint density at radius 1 is 1.22 bits per heavy atom. The van der Waals surface area contributed by atoms with Crippen molar-refractivity contribution in [3.8, 4) is 0 Å². The highest BCUT2D eigenvalue weighted by molar-refractivity contribution is 7.89. The van der Waals surface area contributed by atoms with Crippen molar-refractivity contribution in [2.75, 3.05) is 12.8 Å². The van der Waals surface area contributed by atoms with E-state index in [9.17, 15) is 13.2 Å². The molecule has 0 saturated carbocycles. The number of hydrogen-bond acceptors (Lipinski definition) is 4. The van der Waals surface area contributed by atoms with Gasteiger partial charge in [-0.1, -0.05) is 30.3 Å². The lowest BCUT2D eigenvalue weighted by Gasteiger charge is -2.24. The number of carbonyl (C=O) groups is 1. The third-order valence-corrected chi connectivity index (χ3v) is 4.78. The van der Waals surface area contributed by atoms with Crippen LogP contribution in [-0.2, 0) is 15.6 Å². The van der Waals surface area contributed by atoms with Crippen LogP contribution in [-0.4, -0.2) is 32.0 Å². The van der Waals surface area contributed by atoms with Crippen LogP contribution in [0.5, 0.6) is 0 Å². The first kappa shape index (κ1) is 15.8. The summed E-state index contributed by atoms with van der Waals surface area (Å²) in [6, 6.07) is 13.1. The molecule has 5 nitrogen and oxygen atoms in total. The van der Waals surface area contributed by atoms with Gasteiger partial charge in [0, 0.05) is 12.8 Å². The van der Waals surface area contributed by atoms with Crippen LogP contribution >= 0.6 is 0 Å². The Hall–Kier alpha value is -2.08. The standard InChI is InChI=1S/C17H19NO4S/c1-23(20,21)12-14-9-10-16(22-14)17(19)18-11-5-8-15(18)13-6-3-2-4-7-13/h2-4,6-7,9-10,15H,5,8,11-12H2,1H3/t15-/m0/s1. The minimum absolute atomic E-state index is 0.0483. The van der Waals surface area contributed by atoms with Gasteiger partial charge in [-0.2, -0.15) is 0 Å². The number of nitrogens with zero attached hydrogens (tertiary/aromatic N) is 1. The van der Waals surface area contributed by atoms with Crippen LogP contribution in [0.15, 0.2) is 46.9 Å². The Balaban J connectivity index is 1.80. The molecule has 0 N–H and O–H groups in total. The van der Waals surface area contributed by atoms with Crippen molar-refractivity contribution in [1.82, 2.24) is 4.90 Å². The highest BCUT2D eigenvalue weighted by atomic mass is 32.2. The van der Waals surface area contributed by atoms with Crippen molar-refractivity contribution in [2.45, 2.75) is 24.6 Å². The second-order valence-electron chi connectivity index (χ2n) is 5.90. The summed E-state index contributed by atoms with van der Waals surface area (Å²) in [6.45, 7) is 0.681. The summed E-state index contributed by atoms with van der Waals surface area (Å²) in [4.78, 5) is 14.5. The molecule has 3 rings (SSSR count). The highest BCUT2D eigenvalue weighted by Gasteiger charge is 2.32. The Morgan fingerprint density at radius 2 is 1.96 bits per heavy atom. The number of sulfone groups is 1. The molecule has 1 amide bonds. The van der Waals surface area contributed by atoms with Gasteiger partial charge in [0.25, 0.3) is 5.91 Å². The third kappa shape index (κ3) is 3.64. The zero-order valence-electron chi connectivity index (χ0n) is 12.9. The molecular weight excluding hydrogens is 314 g/mol. The van der Waals surface area contributed by atoms with E-state index in [-0.39, 0.29) is 23.5 Å². The molecule has 1 aromatic carbocycles. The second kappa shape index (κ2) is 6.20. The van der Waals surface area contributed by atoms with Crippen LogP contribution in [0.3, 0.4) is 0 Å². The number of benzene rings is 1. The van der Waals surface area contributed by atoms with E-state index in [1.807, 2.05) is 30.3 Å². The van der Waals surface area contributed by atoms with Gasteiger partial charge in [0.1, 0.15) is 11.5 Å².